The van der Waals surface area contributed by atoms with Gasteiger partial charge in [-0.2, -0.15) is 0 Å². The van der Waals surface area contributed by atoms with Gasteiger partial charge in [0.1, 0.15) is 5.65 Å². The summed E-state index contributed by atoms with van der Waals surface area (Å²) in [5.74, 6) is 0. The van der Waals surface area contributed by atoms with E-state index in [0.29, 0.717) is 0 Å². The van der Waals surface area contributed by atoms with Gasteiger partial charge in [0.25, 0.3) is 0 Å². The summed E-state index contributed by atoms with van der Waals surface area (Å²) >= 11 is 0. The van der Waals surface area contributed by atoms with Crippen LogP contribution in [0, 0.1) is 0 Å². The number of allylic oxidation sites excluding steroid dienone is 2. The second-order valence-electron chi connectivity index (χ2n) is 5.08. The van der Waals surface area contributed by atoms with E-state index in [1.54, 1.807) is 0 Å². The minimum Gasteiger partial charge on any atom is -0.371 e. The van der Waals surface area contributed by atoms with Crippen molar-refractivity contribution in [1.29, 1.82) is 0 Å². The molecule has 0 spiro atoms. The third-order valence-corrected chi connectivity index (χ3v) is 3.55. The van der Waals surface area contributed by atoms with E-state index in [4.69, 9.17) is 4.74 Å². The molecule has 3 rings (SSSR count). The number of aromatic nitrogens is 2. The number of hydrogen-bond donors (Lipinski definition) is 1. The minimum atomic E-state index is -0.163. The van der Waals surface area contributed by atoms with E-state index < -0.39 is 0 Å². The Morgan fingerprint density at radius 1 is 1.47 bits per heavy atom. The lowest BCUT2D eigenvalue weighted by molar-refractivity contribution is 0.0155. The van der Waals surface area contributed by atoms with Crippen LogP contribution in [-0.2, 0) is 4.74 Å². The van der Waals surface area contributed by atoms with E-state index in [0.717, 1.165) is 29.6 Å². The molecule has 3 heteroatoms. The number of aromatic amines is 1. The highest BCUT2D eigenvalue weighted by Crippen LogP contribution is 2.29. The number of fused-ring (bicyclic) bond motifs is 1. The van der Waals surface area contributed by atoms with Crippen LogP contribution in [0.1, 0.15) is 25.8 Å². The van der Waals surface area contributed by atoms with Crippen molar-refractivity contribution < 1.29 is 4.74 Å². The van der Waals surface area contributed by atoms with Gasteiger partial charge in [-0.3, -0.25) is 0 Å². The topological polar surface area (TPSA) is 37.9 Å². The maximum atomic E-state index is 5.76. The summed E-state index contributed by atoms with van der Waals surface area (Å²) in [5, 5.41) is 1.14. The normalized spacial score (nSPS) is 22.7. The maximum Gasteiger partial charge on any atom is 0.137 e. The van der Waals surface area contributed by atoms with Gasteiger partial charge in [-0.25, -0.2) is 4.98 Å². The van der Waals surface area contributed by atoms with Gasteiger partial charge in [0.05, 0.1) is 5.60 Å². The molecule has 98 valence electrons. The van der Waals surface area contributed by atoms with Crippen LogP contribution < -0.4 is 0 Å². The molecule has 0 amide bonds. The molecule has 0 saturated carbocycles. The van der Waals surface area contributed by atoms with Crippen LogP contribution in [0.5, 0.6) is 0 Å². The van der Waals surface area contributed by atoms with Crippen molar-refractivity contribution in [2.45, 2.75) is 25.9 Å². The predicted molar refractivity (Wildman–Crippen MR) is 77.9 cm³/mol. The average molecular weight is 254 g/mol. The summed E-state index contributed by atoms with van der Waals surface area (Å²) in [5.41, 5.74) is 3.14. The fraction of sp³-hybridized carbons (Fsp3) is 0.312. The molecule has 19 heavy (non-hydrogen) atoms. The van der Waals surface area contributed by atoms with Gasteiger partial charge >= 0.3 is 0 Å². The molecule has 2 heterocycles. The SMILES string of the molecule is CCOC1(C)C=CC(c2cnc3[nH]ccc3c2)=CC1. The fourth-order valence-corrected chi connectivity index (χ4v) is 2.46. The highest BCUT2D eigenvalue weighted by Gasteiger charge is 2.22. The van der Waals surface area contributed by atoms with Crippen molar-refractivity contribution in [2.24, 2.45) is 0 Å². The molecule has 0 aliphatic heterocycles. The highest BCUT2D eigenvalue weighted by atomic mass is 16.5. The van der Waals surface area contributed by atoms with Crippen LogP contribution in [0.15, 0.2) is 42.8 Å². The van der Waals surface area contributed by atoms with Gasteiger partial charge in [0, 0.05) is 30.0 Å². The third-order valence-electron chi connectivity index (χ3n) is 3.55. The molecule has 2 aromatic heterocycles. The average Bonchev–Trinajstić information content (AvgIpc) is 2.87. The molecule has 1 N–H and O–H groups in total. The second-order valence-corrected chi connectivity index (χ2v) is 5.08. The Morgan fingerprint density at radius 2 is 2.37 bits per heavy atom. The lowest BCUT2D eigenvalue weighted by atomic mass is 9.91. The van der Waals surface area contributed by atoms with Crippen molar-refractivity contribution >= 4 is 16.6 Å². The van der Waals surface area contributed by atoms with E-state index >= 15 is 0 Å². The van der Waals surface area contributed by atoms with E-state index in [1.165, 1.54) is 5.57 Å². The molecule has 0 bridgehead atoms. The van der Waals surface area contributed by atoms with Gasteiger partial charge in [0.15, 0.2) is 0 Å². The Kier molecular flexibility index (Phi) is 2.99. The zero-order valence-electron chi connectivity index (χ0n) is 11.3. The summed E-state index contributed by atoms with van der Waals surface area (Å²) in [6, 6.07) is 4.21. The second kappa shape index (κ2) is 4.67. The number of H-pyrrole nitrogens is 1. The van der Waals surface area contributed by atoms with Crippen LogP contribution in [-0.4, -0.2) is 22.2 Å². The van der Waals surface area contributed by atoms with E-state index in [9.17, 15) is 0 Å². The van der Waals surface area contributed by atoms with Gasteiger partial charge in [0.2, 0.25) is 0 Å². The number of rotatable bonds is 3. The smallest absolute Gasteiger partial charge is 0.137 e. The van der Waals surface area contributed by atoms with E-state index in [-0.39, 0.29) is 5.60 Å². The molecule has 2 aromatic rings. The van der Waals surface area contributed by atoms with Gasteiger partial charge in [-0.05, 0) is 38.0 Å². The summed E-state index contributed by atoms with van der Waals surface area (Å²) in [6.07, 6.45) is 11.2. The minimum absolute atomic E-state index is 0.163. The zero-order valence-corrected chi connectivity index (χ0v) is 11.3. The first-order chi connectivity index (χ1) is 9.20. The Labute approximate surface area is 113 Å². The molecule has 1 aliphatic rings. The van der Waals surface area contributed by atoms with Crippen molar-refractivity contribution in [3.8, 4) is 0 Å². The molecule has 0 aromatic carbocycles. The lowest BCUT2D eigenvalue weighted by Crippen LogP contribution is -2.26. The van der Waals surface area contributed by atoms with E-state index in [1.807, 2.05) is 25.4 Å². The third kappa shape index (κ3) is 2.34. The molecule has 0 radical (unpaired) electrons. The van der Waals surface area contributed by atoms with Crippen molar-refractivity contribution in [3.05, 3.63) is 48.3 Å². The molecule has 1 aliphatic carbocycles. The Balaban J connectivity index is 1.88. The highest BCUT2D eigenvalue weighted by molar-refractivity contribution is 5.83. The summed E-state index contributed by atoms with van der Waals surface area (Å²) < 4.78 is 5.76. The fourth-order valence-electron chi connectivity index (χ4n) is 2.46. The largest absolute Gasteiger partial charge is 0.371 e. The molecular formula is C16H18N2O. The first-order valence-electron chi connectivity index (χ1n) is 6.67. The Morgan fingerprint density at radius 3 is 3.11 bits per heavy atom. The monoisotopic (exact) mass is 254 g/mol. The summed E-state index contributed by atoms with van der Waals surface area (Å²) in [4.78, 5) is 7.54. The summed E-state index contributed by atoms with van der Waals surface area (Å²) in [6.45, 7) is 4.89. The maximum absolute atomic E-state index is 5.76. The lowest BCUT2D eigenvalue weighted by Gasteiger charge is -2.27. The van der Waals surface area contributed by atoms with Gasteiger partial charge in [-0.15, -0.1) is 0 Å². The Hall–Kier alpha value is -1.87. The number of ether oxygens (including phenoxy) is 1. The number of hydrogen-bond acceptors (Lipinski definition) is 2. The van der Waals surface area contributed by atoms with Crippen molar-refractivity contribution in [2.75, 3.05) is 6.61 Å². The first kappa shape index (κ1) is 12.2. The molecule has 0 saturated heterocycles. The van der Waals surface area contributed by atoms with Gasteiger partial charge in [-0.1, -0.05) is 18.2 Å². The van der Waals surface area contributed by atoms with Crippen LogP contribution in [0.25, 0.3) is 16.6 Å². The summed E-state index contributed by atoms with van der Waals surface area (Å²) in [7, 11) is 0. The number of nitrogens with zero attached hydrogens (tertiary/aromatic N) is 1. The molecule has 1 atom stereocenters. The number of pyridine rings is 1. The molecule has 3 nitrogen and oxygen atoms in total. The number of nitrogens with one attached hydrogen (secondary N) is 1. The van der Waals surface area contributed by atoms with Crippen LogP contribution in [0.2, 0.25) is 0 Å². The van der Waals surface area contributed by atoms with Crippen LogP contribution in [0.3, 0.4) is 0 Å². The quantitative estimate of drug-likeness (QED) is 0.906. The Bertz CT molecular complexity index is 654. The standard InChI is InChI=1S/C16H18N2O/c1-3-19-16(2)7-4-12(5-8-16)14-10-13-6-9-17-15(13)18-11-14/h4-7,9-11H,3,8H2,1-2H3,(H,17,18). The van der Waals surface area contributed by atoms with Crippen LogP contribution >= 0.6 is 0 Å². The molecular weight excluding hydrogens is 236 g/mol. The first-order valence-corrected chi connectivity index (χ1v) is 6.67. The zero-order chi connectivity index (χ0) is 13.3. The van der Waals surface area contributed by atoms with Crippen LogP contribution in [0.4, 0.5) is 0 Å². The van der Waals surface area contributed by atoms with Gasteiger partial charge < -0.3 is 9.72 Å². The predicted octanol–water partition coefficient (Wildman–Crippen LogP) is 3.70. The molecule has 0 fully saturated rings. The van der Waals surface area contributed by atoms with Crippen molar-refractivity contribution in [3.63, 3.8) is 0 Å². The van der Waals surface area contributed by atoms with E-state index in [2.05, 4.69) is 41.2 Å². The van der Waals surface area contributed by atoms with Crippen molar-refractivity contribution in [1.82, 2.24) is 9.97 Å². The molecule has 1 unspecified atom stereocenters.